The predicted molar refractivity (Wildman–Crippen MR) is 87.9 cm³/mol. The van der Waals surface area contributed by atoms with E-state index in [4.69, 9.17) is 4.74 Å². The molecule has 0 spiro atoms. The summed E-state index contributed by atoms with van der Waals surface area (Å²) in [6, 6.07) is 6.15. The number of carbonyl (C=O) groups excluding carboxylic acids is 1. The lowest BCUT2D eigenvalue weighted by atomic mass is 9.98. The number of nitrogens with one attached hydrogen (secondary N) is 2. The number of ether oxygens (including phenoxy) is 1. The van der Waals surface area contributed by atoms with Crippen LogP contribution in [0.4, 0.5) is 5.69 Å². The zero-order valence-electron chi connectivity index (χ0n) is 13.7. The van der Waals surface area contributed by atoms with Gasteiger partial charge in [-0.2, -0.15) is 0 Å². The summed E-state index contributed by atoms with van der Waals surface area (Å²) in [6.45, 7) is 8.63. The molecule has 4 heteroatoms. The Balaban J connectivity index is 2.44. The molecule has 118 valence electrons. The number of methoxy groups -OCH3 is 1. The SMILES string of the molecule is COCCCNCCC(=O)Nc1c(C)cccc1C(C)C. The molecule has 1 aromatic rings. The Bertz CT molecular complexity index is 444. The first-order valence-electron chi connectivity index (χ1n) is 7.65. The summed E-state index contributed by atoms with van der Waals surface area (Å²) >= 11 is 0. The third kappa shape index (κ3) is 6.27. The molecule has 2 N–H and O–H groups in total. The van der Waals surface area contributed by atoms with Gasteiger partial charge >= 0.3 is 0 Å². The number of benzene rings is 1. The molecule has 4 nitrogen and oxygen atoms in total. The van der Waals surface area contributed by atoms with Crippen LogP contribution in [0.1, 0.15) is 43.7 Å². The minimum Gasteiger partial charge on any atom is -0.385 e. The van der Waals surface area contributed by atoms with Crippen LogP contribution >= 0.6 is 0 Å². The Labute approximate surface area is 128 Å². The van der Waals surface area contributed by atoms with E-state index in [0.717, 1.165) is 30.8 Å². The predicted octanol–water partition coefficient (Wildman–Crippen LogP) is 3.07. The number of hydrogen-bond donors (Lipinski definition) is 2. The molecule has 0 aliphatic carbocycles. The molecular formula is C17H28N2O2. The highest BCUT2D eigenvalue weighted by Gasteiger charge is 2.11. The molecule has 0 bridgehead atoms. The lowest BCUT2D eigenvalue weighted by Gasteiger charge is -2.16. The van der Waals surface area contributed by atoms with E-state index in [9.17, 15) is 4.79 Å². The van der Waals surface area contributed by atoms with Gasteiger partial charge in [-0.3, -0.25) is 4.79 Å². The average molecular weight is 292 g/mol. The third-order valence-electron chi connectivity index (χ3n) is 3.42. The monoisotopic (exact) mass is 292 g/mol. The second kappa shape index (κ2) is 9.53. The second-order valence-electron chi connectivity index (χ2n) is 5.59. The molecule has 0 aliphatic rings. The smallest absolute Gasteiger partial charge is 0.225 e. The van der Waals surface area contributed by atoms with Gasteiger partial charge in [0.25, 0.3) is 0 Å². The van der Waals surface area contributed by atoms with E-state index in [0.29, 0.717) is 18.9 Å². The van der Waals surface area contributed by atoms with Gasteiger partial charge in [0.1, 0.15) is 0 Å². The normalized spacial score (nSPS) is 10.9. The van der Waals surface area contributed by atoms with Crippen molar-refractivity contribution in [1.29, 1.82) is 0 Å². The van der Waals surface area contributed by atoms with E-state index < -0.39 is 0 Å². The Morgan fingerprint density at radius 1 is 1.29 bits per heavy atom. The van der Waals surface area contributed by atoms with Crippen molar-refractivity contribution in [3.05, 3.63) is 29.3 Å². The van der Waals surface area contributed by atoms with Crippen molar-refractivity contribution >= 4 is 11.6 Å². The maximum Gasteiger partial charge on any atom is 0.225 e. The summed E-state index contributed by atoms with van der Waals surface area (Å²) in [7, 11) is 1.70. The van der Waals surface area contributed by atoms with Gasteiger partial charge in [0.15, 0.2) is 0 Å². The molecule has 1 rings (SSSR count). The summed E-state index contributed by atoms with van der Waals surface area (Å²) in [5.74, 6) is 0.456. The lowest BCUT2D eigenvalue weighted by Crippen LogP contribution is -2.23. The van der Waals surface area contributed by atoms with Gasteiger partial charge in [0.05, 0.1) is 0 Å². The molecule has 0 atom stereocenters. The maximum atomic E-state index is 12.1. The zero-order chi connectivity index (χ0) is 15.7. The van der Waals surface area contributed by atoms with Crippen molar-refractivity contribution in [3.8, 4) is 0 Å². The molecule has 0 saturated carbocycles. The van der Waals surface area contributed by atoms with Gasteiger partial charge in [0, 0.05) is 32.4 Å². The minimum atomic E-state index is 0.0606. The van der Waals surface area contributed by atoms with E-state index in [1.54, 1.807) is 7.11 Å². The largest absolute Gasteiger partial charge is 0.385 e. The minimum absolute atomic E-state index is 0.0606. The molecular weight excluding hydrogens is 264 g/mol. The van der Waals surface area contributed by atoms with E-state index in [1.165, 1.54) is 5.56 Å². The van der Waals surface area contributed by atoms with Crippen LogP contribution in [-0.4, -0.2) is 32.7 Å². The lowest BCUT2D eigenvalue weighted by molar-refractivity contribution is -0.116. The highest BCUT2D eigenvalue weighted by Crippen LogP contribution is 2.27. The molecule has 1 aromatic carbocycles. The molecule has 0 aromatic heterocycles. The average Bonchev–Trinajstić information content (AvgIpc) is 2.44. The topological polar surface area (TPSA) is 50.4 Å². The van der Waals surface area contributed by atoms with Gasteiger partial charge < -0.3 is 15.4 Å². The molecule has 0 fully saturated rings. The van der Waals surface area contributed by atoms with Crippen LogP contribution < -0.4 is 10.6 Å². The summed E-state index contributed by atoms with van der Waals surface area (Å²) in [5.41, 5.74) is 3.27. The van der Waals surface area contributed by atoms with Crippen LogP contribution in [0.3, 0.4) is 0 Å². The van der Waals surface area contributed by atoms with E-state index >= 15 is 0 Å². The summed E-state index contributed by atoms with van der Waals surface area (Å²) in [6.07, 6.45) is 1.45. The van der Waals surface area contributed by atoms with Crippen molar-refractivity contribution in [2.75, 3.05) is 32.1 Å². The van der Waals surface area contributed by atoms with Crippen molar-refractivity contribution in [3.63, 3.8) is 0 Å². The quantitative estimate of drug-likeness (QED) is 0.688. The number of rotatable bonds is 9. The van der Waals surface area contributed by atoms with Crippen LogP contribution in [0.2, 0.25) is 0 Å². The number of para-hydroxylation sites is 1. The van der Waals surface area contributed by atoms with Gasteiger partial charge in [-0.1, -0.05) is 32.0 Å². The van der Waals surface area contributed by atoms with Crippen molar-refractivity contribution in [1.82, 2.24) is 5.32 Å². The maximum absolute atomic E-state index is 12.1. The van der Waals surface area contributed by atoms with Crippen LogP contribution in [-0.2, 0) is 9.53 Å². The zero-order valence-corrected chi connectivity index (χ0v) is 13.7. The molecule has 0 unspecified atom stereocenters. The Hall–Kier alpha value is -1.39. The molecule has 0 heterocycles. The van der Waals surface area contributed by atoms with Crippen LogP contribution in [0.15, 0.2) is 18.2 Å². The fourth-order valence-electron chi connectivity index (χ4n) is 2.21. The Morgan fingerprint density at radius 3 is 2.71 bits per heavy atom. The van der Waals surface area contributed by atoms with E-state index in [2.05, 4.69) is 30.5 Å². The standard InChI is InChI=1S/C17H28N2O2/c1-13(2)15-8-5-7-14(3)17(15)19-16(20)9-11-18-10-6-12-21-4/h5,7-8,13,18H,6,9-12H2,1-4H3,(H,19,20). The fraction of sp³-hybridized carbons (Fsp3) is 0.588. The summed E-state index contributed by atoms with van der Waals surface area (Å²) in [5, 5.41) is 6.31. The molecule has 0 saturated heterocycles. The Morgan fingerprint density at radius 2 is 2.05 bits per heavy atom. The molecule has 1 amide bonds. The first-order chi connectivity index (χ1) is 10.1. The van der Waals surface area contributed by atoms with Gasteiger partial charge in [-0.05, 0) is 36.9 Å². The fourth-order valence-corrected chi connectivity index (χ4v) is 2.21. The van der Waals surface area contributed by atoms with E-state index in [1.807, 2.05) is 19.1 Å². The summed E-state index contributed by atoms with van der Waals surface area (Å²) in [4.78, 5) is 12.1. The number of amides is 1. The molecule has 0 aliphatic heterocycles. The first kappa shape index (κ1) is 17.7. The van der Waals surface area contributed by atoms with Crippen molar-refractivity contribution in [2.45, 2.75) is 39.5 Å². The van der Waals surface area contributed by atoms with E-state index in [-0.39, 0.29) is 5.91 Å². The van der Waals surface area contributed by atoms with Gasteiger partial charge in [0.2, 0.25) is 5.91 Å². The molecule has 21 heavy (non-hydrogen) atoms. The van der Waals surface area contributed by atoms with Crippen LogP contribution in [0.5, 0.6) is 0 Å². The second-order valence-corrected chi connectivity index (χ2v) is 5.59. The van der Waals surface area contributed by atoms with Crippen LogP contribution in [0.25, 0.3) is 0 Å². The molecule has 0 radical (unpaired) electrons. The first-order valence-corrected chi connectivity index (χ1v) is 7.65. The van der Waals surface area contributed by atoms with Crippen molar-refractivity contribution < 1.29 is 9.53 Å². The number of anilines is 1. The highest BCUT2D eigenvalue weighted by molar-refractivity contribution is 5.92. The number of aryl methyl sites for hydroxylation is 1. The summed E-state index contributed by atoms with van der Waals surface area (Å²) < 4.78 is 4.98. The highest BCUT2D eigenvalue weighted by atomic mass is 16.5. The number of hydrogen-bond acceptors (Lipinski definition) is 3. The van der Waals surface area contributed by atoms with Crippen LogP contribution in [0, 0.1) is 6.92 Å². The van der Waals surface area contributed by atoms with Gasteiger partial charge in [-0.25, -0.2) is 0 Å². The van der Waals surface area contributed by atoms with Crippen molar-refractivity contribution in [2.24, 2.45) is 0 Å². The Kier molecular flexibility index (Phi) is 8.01. The van der Waals surface area contributed by atoms with Gasteiger partial charge in [-0.15, -0.1) is 0 Å². The number of carbonyl (C=O) groups is 1. The third-order valence-corrected chi connectivity index (χ3v) is 3.42.